The fourth-order valence-electron chi connectivity index (χ4n) is 2.40. The van der Waals surface area contributed by atoms with Crippen LogP contribution in [-0.4, -0.2) is 26.2 Å². The minimum atomic E-state index is -0.173. The van der Waals surface area contributed by atoms with E-state index < -0.39 is 0 Å². The molecule has 2 nitrogen and oxygen atoms in total. The van der Waals surface area contributed by atoms with Gasteiger partial charge in [0.2, 0.25) is 0 Å². The summed E-state index contributed by atoms with van der Waals surface area (Å²) in [4.78, 5) is 0. The lowest BCUT2D eigenvalue weighted by Crippen LogP contribution is -2.30. The van der Waals surface area contributed by atoms with Crippen molar-refractivity contribution in [1.29, 1.82) is 0 Å². The third-order valence-corrected chi connectivity index (χ3v) is 3.80. The van der Waals surface area contributed by atoms with E-state index in [0.717, 1.165) is 32.6 Å². The zero-order valence-electron chi connectivity index (χ0n) is 13.2. The van der Waals surface area contributed by atoms with Crippen LogP contribution in [-0.2, 0) is 6.42 Å². The molecule has 0 saturated carbocycles. The van der Waals surface area contributed by atoms with Crippen LogP contribution in [0.2, 0.25) is 0 Å². The Morgan fingerprint density at radius 1 is 0.864 bits per heavy atom. The van der Waals surface area contributed by atoms with Crippen molar-refractivity contribution < 1.29 is 4.39 Å². The molecule has 0 bridgehead atoms. The molecule has 0 heterocycles. The summed E-state index contributed by atoms with van der Waals surface area (Å²) in [6, 6.07) is 17.3. The number of benzene rings is 2. The van der Waals surface area contributed by atoms with E-state index in [1.165, 1.54) is 23.3 Å². The summed E-state index contributed by atoms with van der Waals surface area (Å²) in [6.45, 7) is 6.05. The molecular weight excluding hydrogens is 275 g/mol. The van der Waals surface area contributed by atoms with Crippen molar-refractivity contribution in [3.05, 3.63) is 71.5 Å². The molecule has 2 rings (SSSR count). The first-order chi connectivity index (χ1) is 10.8. The normalized spacial score (nSPS) is 12.3. The first-order valence-electron chi connectivity index (χ1n) is 7.96. The zero-order chi connectivity index (χ0) is 15.6. The molecule has 22 heavy (non-hydrogen) atoms. The van der Waals surface area contributed by atoms with Crippen LogP contribution in [0.25, 0.3) is 0 Å². The molecule has 0 spiro atoms. The average molecular weight is 300 g/mol. The van der Waals surface area contributed by atoms with E-state index >= 15 is 0 Å². The molecule has 0 saturated heterocycles. The minimum absolute atomic E-state index is 0.173. The molecule has 118 valence electrons. The van der Waals surface area contributed by atoms with Crippen LogP contribution < -0.4 is 10.6 Å². The largest absolute Gasteiger partial charge is 0.315 e. The lowest BCUT2D eigenvalue weighted by Gasteiger charge is -2.13. The average Bonchev–Trinajstić information content (AvgIpc) is 2.56. The van der Waals surface area contributed by atoms with Gasteiger partial charge in [0, 0.05) is 19.6 Å². The maximum Gasteiger partial charge on any atom is 0.123 e. The van der Waals surface area contributed by atoms with Gasteiger partial charge >= 0.3 is 0 Å². The zero-order valence-corrected chi connectivity index (χ0v) is 13.2. The van der Waals surface area contributed by atoms with Gasteiger partial charge in [0.25, 0.3) is 0 Å². The monoisotopic (exact) mass is 300 g/mol. The van der Waals surface area contributed by atoms with Crippen molar-refractivity contribution in [3.63, 3.8) is 0 Å². The maximum atomic E-state index is 12.8. The SMILES string of the molecule is CC(CNCCNCCc1ccc(F)cc1)c1ccccc1. The molecule has 0 aliphatic rings. The highest BCUT2D eigenvalue weighted by Gasteiger charge is 2.03. The predicted octanol–water partition coefficient (Wildman–Crippen LogP) is 3.35. The van der Waals surface area contributed by atoms with Gasteiger partial charge in [-0.05, 0) is 42.1 Å². The van der Waals surface area contributed by atoms with Crippen LogP contribution in [0.5, 0.6) is 0 Å². The Morgan fingerprint density at radius 2 is 1.55 bits per heavy atom. The van der Waals surface area contributed by atoms with Gasteiger partial charge in [-0.15, -0.1) is 0 Å². The quantitative estimate of drug-likeness (QED) is 0.694. The van der Waals surface area contributed by atoms with Crippen molar-refractivity contribution in [2.24, 2.45) is 0 Å². The first kappa shape index (κ1) is 16.7. The molecule has 2 aromatic rings. The van der Waals surface area contributed by atoms with Gasteiger partial charge in [-0.25, -0.2) is 4.39 Å². The second kappa shape index (κ2) is 9.34. The summed E-state index contributed by atoms with van der Waals surface area (Å²) in [5.41, 5.74) is 2.54. The second-order valence-corrected chi connectivity index (χ2v) is 5.64. The van der Waals surface area contributed by atoms with Crippen LogP contribution >= 0.6 is 0 Å². The summed E-state index contributed by atoms with van der Waals surface area (Å²) in [7, 11) is 0. The van der Waals surface area contributed by atoms with E-state index in [1.54, 1.807) is 0 Å². The van der Waals surface area contributed by atoms with E-state index in [4.69, 9.17) is 0 Å². The minimum Gasteiger partial charge on any atom is -0.315 e. The van der Waals surface area contributed by atoms with Crippen LogP contribution in [0.4, 0.5) is 4.39 Å². The van der Waals surface area contributed by atoms with E-state index in [-0.39, 0.29) is 5.82 Å². The Morgan fingerprint density at radius 3 is 2.27 bits per heavy atom. The summed E-state index contributed by atoms with van der Waals surface area (Å²) < 4.78 is 12.8. The van der Waals surface area contributed by atoms with E-state index in [2.05, 4.69) is 47.9 Å². The molecule has 1 atom stereocenters. The standard InChI is InChI=1S/C19H25FN2/c1-16(18-5-3-2-4-6-18)15-22-14-13-21-12-11-17-7-9-19(20)10-8-17/h2-10,16,21-22H,11-15H2,1H3. The number of halogens is 1. The van der Waals surface area contributed by atoms with Crippen molar-refractivity contribution in [3.8, 4) is 0 Å². The van der Waals surface area contributed by atoms with Gasteiger partial charge in [0.05, 0.1) is 0 Å². The fraction of sp³-hybridized carbons (Fsp3) is 0.368. The summed E-state index contributed by atoms with van der Waals surface area (Å²) >= 11 is 0. The molecule has 2 N–H and O–H groups in total. The Kier molecular flexibility index (Phi) is 7.07. The number of rotatable bonds is 9. The van der Waals surface area contributed by atoms with Crippen LogP contribution in [0, 0.1) is 5.82 Å². The molecule has 0 amide bonds. The van der Waals surface area contributed by atoms with Crippen LogP contribution in [0.1, 0.15) is 24.0 Å². The van der Waals surface area contributed by atoms with Gasteiger partial charge in [-0.2, -0.15) is 0 Å². The van der Waals surface area contributed by atoms with E-state index in [9.17, 15) is 4.39 Å². The highest BCUT2D eigenvalue weighted by atomic mass is 19.1. The fourth-order valence-corrected chi connectivity index (χ4v) is 2.40. The molecule has 0 radical (unpaired) electrons. The van der Waals surface area contributed by atoms with Gasteiger partial charge < -0.3 is 10.6 Å². The Bertz CT molecular complexity index is 525. The summed E-state index contributed by atoms with van der Waals surface area (Å²) in [5.74, 6) is 0.355. The number of nitrogens with one attached hydrogen (secondary N) is 2. The lowest BCUT2D eigenvalue weighted by molar-refractivity contribution is 0.578. The van der Waals surface area contributed by atoms with Crippen LogP contribution in [0.3, 0.4) is 0 Å². The van der Waals surface area contributed by atoms with Gasteiger partial charge in [0.15, 0.2) is 0 Å². The van der Waals surface area contributed by atoms with Gasteiger partial charge in [0.1, 0.15) is 5.82 Å². The van der Waals surface area contributed by atoms with Gasteiger partial charge in [-0.1, -0.05) is 49.4 Å². The third kappa shape index (κ3) is 5.96. The molecule has 0 fully saturated rings. The van der Waals surface area contributed by atoms with Crippen molar-refractivity contribution in [2.75, 3.05) is 26.2 Å². The van der Waals surface area contributed by atoms with Gasteiger partial charge in [-0.3, -0.25) is 0 Å². The summed E-state index contributed by atoms with van der Waals surface area (Å²) in [5, 5.41) is 6.88. The van der Waals surface area contributed by atoms with Crippen LogP contribution in [0.15, 0.2) is 54.6 Å². The van der Waals surface area contributed by atoms with Crippen molar-refractivity contribution in [1.82, 2.24) is 10.6 Å². The molecule has 3 heteroatoms. The lowest BCUT2D eigenvalue weighted by atomic mass is 10.0. The molecule has 0 aromatic heterocycles. The molecule has 0 aliphatic carbocycles. The highest BCUT2D eigenvalue weighted by molar-refractivity contribution is 5.19. The molecule has 0 aliphatic heterocycles. The molecule has 1 unspecified atom stereocenters. The second-order valence-electron chi connectivity index (χ2n) is 5.64. The van der Waals surface area contributed by atoms with E-state index in [0.29, 0.717) is 5.92 Å². The highest BCUT2D eigenvalue weighted by Crippen LogP contribution is 2.12. The molecule has 2 aromatic carbocycles. The Balaban J connectivity index is 1.52. The third-order valence-electron chi connectivity index (χ3n) is 3.80. The van der Waals surface area contributed by atoms with Crippen molar-refractivity contribution in [2.45, 2.75) is 19.3 Å². The topological polar surface area (TPSA) is 24.1 Å². The number of hydrogen-bond donors (Lipinski definition) is 2. The molecular formula is C19H25FN2. The maximum absolute atomic E-state index is 12.8. The first-order valence-corrected chi connectivity index (χ1v) is 7.96. The van der Waals surface area contributed by atoms with Crippen molar-refractivity contribution >= 4 is 0 Å². The summed E-state index contributed by atoms with van der Waals surface area (Å²) in [6.07, 6.45) is 0.931. The van der Waals surface area contributed by atoms with E-state index in [1.807, 2.05) is 12.1 Å². The Labute approximate surface area is 132 Å². The predicted molar refractivity (Wildman–Crippen MR) is 90.7 cm³/mol. The Hall–Kier alpha value is -1.71. The smallest absolute Gasteiger partial charge is 0.123 e. The number of hydrogen-bond acceptors (Lipinski definition) is 2.